The van der Waals surface area contributed by atoms with Crippen LogP contribution in [0.1, 0.15) is 13.8 Å². The fourth-order valence-corrected chi connectivity index (χ4v) is 2.75. The van der Waals surface area contributed by atoms with Gasteiger partial charge in [0.05, 0.1) is 6.20 Å². The lowest BCUT2D eigenvalue weighted by Gasteiger charge is -2.37. The summed E-state index contributed by atoms with van der Waals surface area (Å²) in [4.78, 5) is 2.33. The first-order valence-corrected chi connectivity index (χ1v) is 6.45. The van der Waals surface area contributed by atoms with Crippen molar-refractivity contribution in [3.05, 3.63) is 30.5 Å². The topological polar surface area (TPSA) is 41.1 Å². The van der Waals surface area contributed by atoms with Gasteiger partial charge in [-0.25, -0.2) is 0 Å². The van der Waals surface area contributed by atoms with Gasteiger partial charge >= 0.3 is 0 Å². The number of benzene rings is 1. The Labute approximate surface area is 107 Å². The van der Waals surface area contributed by atoms with E-state index in [1.165, 1.54) is 5.39 Å². The van der Waals surface area contributed by atoms with Gasteiger partial charge in [-0.05, 0) is 13.8 Å². The minimum absolute atomic E-state index is 0.481. The molecule has 0 saturated carbocycles. The predicted molar refractivity (Wildman–Crippen MR) is 73.8 cm³/mol. The zero-order chi connectivity index (χ0) is 12.5. The zero-order valence-electron chi connectivity index (χ0n) is 10.8. The highest BCUT2D eigenvalue weighted by Crippen LogP contribution is 2.24. The summed E-state index contributed by atoms with van der Waals surface area (Å²) in [6, 6.07) is 9.27. The fourth-order valence-electron chi connectivity index (χ4n) is 2.75. The third-order valence-corrected chi connectivity index (χ3v) is 3.41. The first-order valence-electron chi connectivity index (χ1n) is 6.45. The fraction of sp³-hybridized carbons (Fsp3) is 0.429. The number of piperazine rings is 1. The van der Waals surface area contributed by atoms with Crippen molar-refractivity contribution >= 4 is 16.6 Å². The molecule has 2 aromatic rings. The molecule has 2 unspecified atom stereocenters. The van der Waals surface area contributed by atoms with E-state index in [4.69, 9.17) is 0 Å². The molecule has 4 nitrogen and oxygen atoms in total. The molecule has 18 heavy (non-hydrogen) atoms. The molecule has 1 fully saturated rings. The molecule has 0 amide bonds. The van der Waals surface area contributed by atoms with E-state index in [-0.39, 0.29) is 0 Å². The predicted octanol–water partition coefficient (Wildman–Crippen LogP) is 1.82. The van der Waals surface area contributed by atoms with Gasteiger partial charge in [-0.15, -0.1) is 5.10 Å². The monoisotopic (exact) mass is 242 g/mol. The van der Waals surface area contributed by atoms with Crippen LogP contribution in [0.2, 0.25) is 0 Å². The summed E-state index contributed by atoms with van der Waals surface area (Å²) in [6.45, 7) is 6.38. The number of hydrogen-bond donors (Lipinski definition) is 1. The van der Waals surface area contributed by atoms with Crippen molar-refractivity contribution in [2.75, 3.05) is 18.0 Å². The van der Waals surface area contributed by atoms with Crippen LogP contribution in [-0.2, 0) is 0 Å². The van der Waals surface area contributed by atoms with Gasteiger partial charge in [0.15, 0.2) is 5.82 Å². The van der Waals surface area contributed by atoms with E-state index in [2.05, 4.69) is 52.5 Å². The molecule has 0 bridgehead atoms. The van der Waals surface area contributed by atoms with E-state index >= 15 is 0 Å². The van der Waals surface area contributed by atoms with Crippen LogP contribution in [0, 0.1) is 0 Å². The van der Waals surface area contributed by atoms with Crippen molar-refractivity contribution in [3.8, 4) is 0 Å². The Morgan fingerprint density at radius 1 is 1.17 bits per heavy atom. The second-order valence-corrected chi connectivity index (χ2v) is 5.13. The van der Waals surface area contributed by atoms with Crippen molar-refractivity contribution in [1.82, 2.24) is 15.5 Å². The van der Waals surface area contributed by atoms with Gasteiger partial charge in [-0.3, -0.25) is 0 Å². The van der Waals surface area contributed by atoms with Crippen LogP contribution in [0.5, 0.6) is 0 Å². The van der Waals surface area contributed by atoms with Crippen molar-refractivity contribution in [2.24, 2.45) is 0 Å². The van der Waals surface area contributed by atoms with Crippen LogP contribution in [0.25, 0.3) is 10.8 Å². The normalized spacial score (nSPS) is 24.4. The average Bonchev–Trinajstić information content (AvgIpc) is 2.37. The summed E-state index contributed by atoms with van der Waals surface area (Å²) in [5, 5.41) is 14.4. The van der Waals surface area contributed by atoms with Crippen LogP contribution in [0.15, 0.2) is 30.5 Å². The summed E-state index contributed by atoms with van der Waals surface area (Å²) in [6.07, 6.45) is 1.83. The molecular formula is C14H18N4. The van der Waals surface area contributed by atoms with Crippen LogP contribution in [0.4, 0.5) is 5.82 Å². The Bertz CT molecular complexity index is 539. The molecular weight excluding hydrogens is 224 g/mol. The summed E-state index contributed by atoms with van der Waals surface area (Å²) >= 11 is 0. The standard InChI is InChI=1S/C14H18N4/c1-10-8-18(9-11(2)16-10)14-13-6-4-3-5-12(13)7-15-17-14/h3-7,10-11,16H,8-9H2,1-2H3. The molecule has 1 aromatic carbocycles. The van der Waals surface area contributed by atoms with Gasteiger partial charge < -0.3 is 10.2 Å². The molecule has 0 aliphatic carbocycles. The first kappa shape index (κ1) is 11.4. The van der Waals surface area contributed by atoms with Gasteiger partial charge in [0, 0.05) is 35.9 Å². The summed E-state index contributed by atoms with van der Waals surface area (Å²) < 4.78 is 0. The van der Waals surface area contributed by atoms with Gasteiger partial charge in [0.1, 0.15) is 0 Å². The van der Waals surface area contributed by atoms with Gasteiger partial charge in [0.25, 0.3) is 0 Å². The highest BCUT2D eigenvalue weighted by atomic mass is 15.3. The van der Waals surface area contributed by atoms with Gasteiger partial charge in [-0.1, -0.05) is 24.3 Å². The van der Waals surface area contributed by atoms with Crippen LogP contribution in [0.3, 0.4) is 0 Å². The van der Waals surface area contributed by atoms with Crippen molar-refractivity contribution in [1.29, 1.82) is 0 Å². The second kappa shape index (κ2) is 4.53. The smallest absolute Gasteiger partial charge is 0.159 e. The number of fused-ring (bicyclic) bond motifs is 1. The molecule has 1 aromatic heterocycles. The average molecular weight is 242 g/mol. The van der Waals surface area contributed by atoms with E-state index in [0.29, 0.717) is 12.1 Å². The highest BCUT2D eigenvalue weighted by Gasteiger charge is 2.23. The lowest BCUT2D eigenvalue weighted by atomic mass is 10.1. The number of nitrogens with zero attached hydrogens (tertiary/aromatic N) is 3. The molecule has 0 radical (unpaired) electrons. The summed E-state index contributed by atoms with van der Waals surface area (Å²) in [7, 11) is 0. The SMILES string of the molecule is CC1CN(c2nncc3ccccc23)CC(C)N1. The van der Waals surface area contributed by atoms with E-state index in [1.54, 1.807) is 0 Å². The molecule has 94 valence electrons. The molecule has 1 aliphatic heterocycles. The molecule has 3 rings (SSSR count). The van der Waals surface area contributed by atoms with Crippen LogP contribution < -0.4 is 10.2 Å². The summed E-state index contributed by atoms with van der Waals surface area (Å²) in [5.74, 6) is 1.01. The minimum Gasteiger partial charge on any atom is -0.352 e. The molecule has 1 N–H and O–H groups in total. The van der Waals surface area contributed by atoms with E-state index in [0.717, 1.165) is 24.3 Å². The van der Waals surface area contributed by atoms with E-state index in [9.17, 15) is 0 Å². The Hall–Kier alpha value is -1.68. The van der Waals surface area contributed by atoms with E-state index < -0.39 is 0 Å². The maximum atomic E-state index is 4.35. The Morgan fingerprint density at radius 2 is 1.89 bits per heavy atom. The third kappa shape index (κ3) is 2.04. The first-order chi connectivity index (χ1) is 8.74. The number of nitrogens with one attached hydrogen (secondary N) is 1. The zero-order valence-corrected chi connectivity index (χ0v) is 10.8. The summed E-state index contributed by atoms with van der Waals surface area (Å²) in [5.41, 5.74) is 0. The number of rotatable bonds is 1. The number of hydrogen-bond acceptors (Lipinski definition) is 4. The number of aromatic nitrogens is 2. The Kier molecular flexibility index (Phi) is 2.88. The van der Waals surface area contributed by atoms with Crippen LogP contribution in [-0.4, -0.2) is 35.4 Å². The highest BCUT2D eigenvalue weighted by molar-refractivity contribution is 5.91. The quantitative estimate of drug-likeness (QED) is 0.828. The molecule has 0 spiro atoms. The van der Waals surface area contributed by atoms with Crippen molar-refractivity contribution in [3.63, 3.8) is 0 Å². The van der Waals surface area contributed by atoms with Gasteiger partial charge in [0.2, 0.25) is 0 Å². The maximum absolute atomic E-state index is 4.35. The molecule has 2 atom stereocenters. The molecule has 1 saturated heterocycles. The second-order valence-electron chi connectivity index (χ2n) is 5.13. The largest absolute Gasteiger partial charge is 0.352 e. The maximum Gasteiger partial charge on any atom is 0.159 e. The lowest BCUT2D eigenvalue weighted by molar-refractivity contribution is 0.405. The van der Waals surface area contributed by atoms with Crippen LogP contribution >= 0.6 is 0 Å². The molecule has 4 heteroatoms. The van der Waals surface area contributed by atoms with Crippen molar-refractivity contribution < 1.29 is 0 Å². The minimum atomic E-state index is 0.481. The Balaban J connectivity index is 2.03. The molecule has 2 heterocycles. The van der Waals surface area contributed by atoms with Crippen molar-refractivity contribution in [2.45, 2.75) is 25.9 Å². The molecule has 1 aliphatic rings. The van der Waals surface area contributed by atoms with Gasteiger partial charge in [-0.2, -0.15) is 5.10 Å². The number of anilines is 1. The van der Waals surface area contributed by atoms with E-state index in [1.807, 2.05) is 12.3 Å². The Morgan fingerprint density at radius 3 is 2.67 bits per heavy atom. The lowest BCUT2D eigenvalue weighted by Crippen LogP contribution is -2.54. The third-order valence-electron chi connectivity index (χ3n) is 3.41.